The zero-order valence-electron chi connectivity index (χ0n) is 4.74. The molecule has 9 heavy (non-hydrogen) atoms. The Morgan fingerprint density at radius 3 is 2.33 bits per heavy atom. The predicted octanol–water partition coefficient (Wildman–Crippen LogP) is 3.19. The van der Waals surface area contributed by atoms with Gasteiger partial charge in [0.2, 0.25) is 0 Å². The van der Waals surface area contributed by atoms with Crippen molar-refractivity contribution >= 4 is 52.5 Å². The molecule has 0 spiro atoms. The van der Waals surface area contributed by atoms with E-state index in [0.29, 0.717) is 10.2 Å². The first-order chi connectivity index (χ1) is 4.13. The highest BCUT2D eigenvalue weighted by atomic mass is 79.9. The lowest BCUT2D eigenvalue weighted by atomic mass is 10.3. The van der Waals surface area contributed by atoms with Crippen LogP contribution in [0.2, 0.25) is 0 Å². The van der Waals surface area contributed by atoms with Crippen LogP contribution in [0.5, 0.6) is 0 Å². The van der Waals surface area contributed by atoms with Crippen molar-refractivity contribution in [2.45, 2.75) is 23.0 Å². The van der Waals surface area contributed by atoms with Crippen LogP contribution in [0.1, 0.15) is 19.3 Å². The van der Waals surface area contributed by atoms with Crippen molar-refractivity contribution < 1.29 is 4.79 Å². The number of hydrogen-bond acceptors (Lipinski definition) is 1. The summed E-state index contributed by atoms with van der Waals surface area (Å²) >= 11 is 9.48. The highest BCUT2D eigenvalue weighted by Crippen LogP contribution is 2.16. The molecule has 0 aromatic heterocycles. The average Bonchev–Trinajstić information content (AvgIpc) is 1.63. The summed E-state index contributed by atoms with van der Waals surface area (Å²) in [6, 6.07) is 0. The zero-order valence-corrected chi connectivity index (χ0v) is 9.50. The summed E-state index contributed by atoms with van der Waals surface area (Å²) in [7, 11) is 0. The first-order valence-corrected chi connectivity index (χ1v) is 5.22. The van der Waals surface area contributed by atoms with Crippen molar-refractivity contribution in [1.29, 1.82) is 0 Å². The van der Waals surface area contributed by atoms with Gasteiger partial charge >= 0.3 is 0 Å². The summed E-state index contributed by atoms with van der Waals surface area (Å²) in [5, 5.41) is 0. The highest BCUT2D eigenvalue weighted by Gasteiger charge is 1.99. The van der Waals surface area contributed by atoms with E-state index in [9.17, 15) is 4.79 Å². The van der Waals surface area contributed by atoms with Gasteiger partial charge in [0.05, 0.1) is 3.74 Å². The molecule has 1 nitrogen and oxygen atoms in total. The van der Waals surface area contributed by atoms with Crippen LogP contribution < -0.4 is 0 Å². The Kier molecular flexibility index (Phi) is 6.59. The smallest absolute Gasteiger partial charge is 0.197 e. The van der Waals surface area contributed by atoms with Crippen LogP contribution in [0, 0.1) is 0 Å². The van der Waals surface area contributed by atoms with Crippen molar-refractivity contribution in [1.82, 2.24) is 0 Å². The number of carbonyl (C=O) groups is 1. The van der Waals surface area contributed by atoms with E-state index in [1.54, 1.807) is 0 Å². The highest BCUT2D eigenvalue weighted by molar-refractivity contribution is 9.24. The summed E-state index contributed by atoms with van der Waals surface area (Å²) in [4.78, 5) is 10.3. The van der Waals surface area contributed by atoms with Crippen LogP contribution in [0.4, 0.5) is 0 Å². The van der Waals surface area contributed by atoms with E-state index in [0.717, 1.165) is 12.8 Å². The van der Waals surface area contributed by atoms with Crippen LogP contribution >= 0.6 is 47.8 Å². The SMILES string of the molecule is O=C(Br)CCCC(Br)Br. The number of alkyl halides is 2. The second-order valence-corrected chi connectivity index (χ2v) is 5.96. The van der Waals surface area contributed by atoms with Crippen LogP contribution in [0.3, 0.4) is 0 Å². The van der Waals surface area contributed by atoms with Gasteiger partial charge in [-0.2, -0.15) is 0 Å². The topological polar surface area (TPSA) is 17.1 Å². The monoisotopic (exact) mass is 320 g/mol. The Hall–Kier alpha value is 1.11. The van der Waals surface area contributed by atoms with E-state index in [1.165, 1.54) is 0 Å². The quantitative estimate of drug-likeness (QED) is 0.574. The van der Waals surface area contributed by atoms with Gasteiger partial charge in [-0.1, -0.05) is 31.9 Å². The molecule has 54 valence electrons. The second kappa shape index (κ2) is 5.86. The molecule has 0 aliphatic carbocycles. The molecule has 0 radical (unpaired) electrons. The van der Waals surface area contributed by atoms with Crippen molar-refractivity contribution in [3.8, 4) is 0 Å². The fourth-order valence-corrected chi connectivity index (χ4v) is 1.32. The molecule has 0 aromatic carbocycles. The summed E-state index contributed by atoms with van der Waals surface area (Å²) < 4.78 is 0.431. The molecular weight excluding hydrogens is 316 g/mol. The first-order valence-electron chi connectivity index (χ1n) is 2.59. The van der Waals surface area contributed by atoms with Crippen LogP contribution in [0.25, 0.3) is 0 Å². The molecule has 0 fully saturated rings. The Balaban J connectivity index is 3.01. The van der Waals surface area contributed by atoms with Crippen LogP contribution in [-0.4, -0.2) is 8.43 Å². The number of halogens is 3. The average molecular weight is 323 g/mol. The maximum atomic E-state index is 10.3. The lowest BCUT2D eigenvalue weighted by Crippen LogP contribution is -1.89. The number of hydrogen-bond donors (Lipinski definition) is 0. The Labute approximate surface area is 80.0 Å². The molecular formula is C5H7Br3O. The molecule has 0 aliphatic heterocycles. The molecule has 0 bridgehead atoms. The van der Waals surface area contributed by atoms with Crippen LogP contribution in [-0.2, 0) is 4.79 Å². The van der Waals surface area contributed by atoms with E-state index in [2.05, 4.69) is 47.8 Å². The molecule has 4 heteroatoms. The molecule has 0 saturated heterocycles. The third kappa shape index (κ3) is 9.11. The minimum absolute atomic E-state index is 0.0863. The van der Waals surface area contributed by atoms with Gasteiger partial charge in [-0.25, -0.2) is 0 Å². The van der Waals surface area contributed by atoms with Gasteiger partial charge in [-0.05, 0) is 28.8 Å². The summed E-state index contributed by atoms with van der Waals surface area (Å²) in [6.07, 6.45) is 2.52. The third-order valence-corrected chi connectivity index (χ3v) is 2.11. The van der Waals surface area contributed by atoms with Gasteiger partial charge in [-0.3, -0.25) is 4.79 Å². The fraction of sp³-hybridized carbons (Fsp3) is 0.800. The lowest BCUT2D eigenvalue weighted by molar-refractivity contribution is -0.110. The molecule has 0 aliphatic rings. The van der Waals surface area contributed by atoms with Crippen molar-refractivity contribution in [2.24, 2.45) is 0 Å². The maximum Gasteiger partial charge on any atom is 0.197 e. The van der Waals surface area contributed by atoms with E-state index < -0.39 is 0 Å². The largest absolute Gasteiger partial charge is 0.287 e. The lowest BCUT2D eigenvalue weighted by Gasteiger charge is -1.96. The van der Waals surface area contributed by atoms with E-state index in [1.807, 2.05) is 0 Å². The van der Waals surface area contributed by atoms with E-state index >= 15 is 0 Å². The zero-order chi connectivity index (χ0) is 7.28. The van der Waals surface area contributed by atoms with Crippen molar-refractivity contribution in [2.75, 3.05) is 0 Å². The Morgan fingerprint density at radius 2 is 2.00 bits per heavy atom. The van der Waals surface area contributed by atoms with Gasteiger partial charge < -0.3 is 0 Å². The fourth-order valence-electron chi connectivity index (χ4n) is 0.395. The molecule has 0 rings (SSSR count). The van der Waals surface area contributed by atoms with Gasteiger partial charge in [0.25, 0.3) is 0 Å². The van der Waals surface area contributed by atoms with Gasteiger partial charge in [0, 0.05) is 6.42 Å². The van der Waals surface area contributed by atoms with E-state index in [-0.39, 0.29) is 4.69 Å². The number of rotatable bonds is 4. The number of carbonyl (C=O) groups excluding carboxylic acids is 1. The summed E-state index contributed by atoms with van der Waals surface area (Å²) in [5.74, 6) is 0. The maximum absolute atomic E-state index is 10.3. The second-order valence-electron chi connectivity index (χ2n) is 1.64. The Morgan fingerprint density at radius 1 is 1.44 bits per heavy atom. The summed E-state index contributed by atoms with van der Waals surface area (Å²) in [5.41, 5.74) is 0. The first kappa shape index (κ1) is 10.1. The normalized spacial score (nSPS) is 10.2. The molecule has 0 unspecified atom stereocenters. The molecule has 0 atom stereocenters. The Bertz CT molecular complexity index is 92.2. The van der Waals surface area contributed by atoms with Gasteiger partial charge in [0.1, 0.15) is 0 Å². The summed E-state index contributed by atoms with van der Waals surface area (Å²) in [6.45, 7) is 0. The van der Waals surface area contributed by atoms with Crippen LogP contribution in [0.15, 0.2) is 0 Å². The molecule has 0 heterocycles. The standard InChI is InChI=1S/C5H7Br3O/c6-4(7)2-1-3-5(8)9/h4H,1-3H2. The predicted molar refractivity (Wildman–Crippen MR) is 49.4 cm³/mol. The molecule has 0 amide bonds. The minimum atomic E-state index is 0.0863. The van der Waals surface area contributed by atoms with E-state index in [4.69, 9.17) is 0 Å². The van der Waals surface area contributed by atoms with Crippen molar-refractivity contribution in [3.63, 3.8) is 0 Å². The van der Waals surface area contributed by atoms with Gasteiger partial charge in [0.15, 0.2) is 4.69 Å². The minimum Gasteiger partial charge on any atom is -0.287 e. The third-order valence-electron chi connectivity index (χ3n) is 0.796. The molecule has 0 saturated carbocycles. The molecule has 0 N–H and O–H groups in total. The molecule has 0 aromatic rings. The van der Waals surface area contributed by atoms with Crippen molar-refractivity contribution in [3.05, 3.63) is 0 Å². The van der Waals surface area contributed by atoms with Gasteiger partial charge in [-0.15, -0.1) is 0 Å².